The number of hydrogen-bond acceptors (Lipinski definition) is 6. The average molecular weight is 415 g/mol. The molecule has 2 aromatic carbocycles. The number of ether oxygens (including phenoxy) is 3. The number of nitrogens with zero attached hydrogens (tertiary/aromatic N) is 1. The molecule has 1 heterocycles. The number of amides is 1. The zero-order valence-electron chi connectivity index (χ0n) is 17.3. The fourth-order valence-corrected chi connectivity index (χ4v) is 3.84. The standard InChI is InChI=1S/C22H25NO7/c1-5-29-17-10-13-14(11-18(17)30-6-2)21(25)23(3)20(19(13)22(26)27)12-7-8-16(28-4)15(24)9-12/h7-11,19-20,24H,5-6H2,1-4H3,(H,26,27)/t19-,20+/m0/s1. The molecule has 0 saturated carbocycles. The number of fused-ring (bicyclic) bond motifs is 1. The smallest absolute Gasteiger partial charge is 0.313 e. The highest BCUT2D eigenvalue weighted by Gasteiger charge is 2.44. The Hall–Kier alpha value is -3.42. The summed E-state index contributed by atoms with van der Waals surface area (Å²) in [4.78, 5) is 26.9. The number of methoxy groups -OCH3 is 1. The molecule has 0 aromatic heterocycles. The van der Waals surface area contributed by atoms with Gasteiger partial charge in [-0.1, -0.05) is 6.07 Å². The molecular weight excluding hydrogens is 390 g/mol. The van der Waals surface area contributed by atoms with E-state index in [0.717, 1.165) is 0 Å². The minimum absolute atomic E-state index is 0.132. The molecule has 0 radical (unpaired) electrons. The second-order valence-electron chi connectivity index (χ2n) is 6.86. The summed E-state index contributed by atoms with van der Waals surface area (Å²) >= 11 is 0. The predicted octanol–water partition coefficient (Wildman–Crippen LogP) is 3.19. The third-order valence-corrected chi connectivity index (χ3v) is 5.14. The van der Waals surface area contributed by atoms with Gasteiger partial charge in [-0.25, -0.2) is 0 Å². The molecule has 1 aliphatic rings. The van der Waals surface area contributed by atoms with Gasteiger partial charge in [0.25, 0.3) is 5.91 Å². The number of phenolic OH excluding ortho intramolecular Hbond substituents is 1. The zero-order chi connectivity index (χ0) is 22.0. The molecule has 160 valence electrons. The van der Waals surface area contributed by atoms with Crippen molar-refractivity contribution in [1.29, 1.82) is 0 Å². The molecule has 8 nitrogen and oxygen atoms in total. The second-order valence-corrected chi connectivity index (χ2v) is 6.86. The number of carboxylic acids is 1. The van der Waals surface area contributed by atoms with Gasteiger partial charge in [0.1, 0.15) is 5.92 Å². The Morgan fingerprint density at radius 2 is 1.70 bits per heavy atom. The van der Waals surface area contributed by atoms with Crippen LogP contribution in [0.5, 0.6) is 23.0 Å². The molecule has 0 fully saturated rings. The van der Waals surface area contributed by atoms with Crippen LogP contribution in [0.1, 0.15) is 47.3 Å². The second kappa shape index (κ2) is 8.52. The summed E-state index contributed by atoms with van der Waals surface area (Å²) < 4.78 is 16.3. The van der Waals surface area contributed by atoms with Crippen molar-refractivity contribution >= 4 is 11.9 Å². The maximum absolute atomic E-state index is 13.2. The van der Waals surface area contributed by atoms with Gasteiger partial charge < -0.3 is 29.3 Å². The molecule has 0 spiro atoms. The van der Waals surface area contributed by atoms with Crippen molar-refractivity contribution in [2.75, 3.05) is 27.4 Å². The molecule has 30 heavy (non-hydrogen) atoms. The van der Waals surface area contributed by atoms with Gasteiger partial charge in [-0.2, -0.15) is 0 Å². The minimum Gasteiger partial charge on any atom is -0.504 e. The number of rotatable bonds is 7. The van der Waals surface area contributed by atoms with Crippen LogP contribution in [0.4, 0.5) is 0 Å². The van der Waals surface area contributed by atoms with Crippen molar-refractivity contribution in [2.45, 2.75) is 25.8 Å². The average Bonchev–Trinajstić information content (AvgIpc) is 2.71. The lowest BCUT2D eigenvalue weighted by Crippen LogP contribution is -2.42. The van der Waals surface area contributed by atoms with Gasteiger partial charge in [0.15, 0.2) is 23.0 Å². The van der Waals surface area contributed by atoms with Crippen molar-refractivity contribution in [2.24, 2.45) is 0 Å². The molecule has 0 bridgehead atoms. The first kappa shape index (κ1) is 21.3. The zero-order valence-corrected chi connectivity index (χ0v) is 17.3. The molecule has 0 aliphatic carbocycles. The van der Waals surface area contributed by atoms with E-state index in [-0.39, 0.29) is 23.0 Å². The van der Waals surface area contributed by atoms with E-state index < -0.39 is 17.9 Å². The van der Waals surface area contributed by atoms with E-state index in [0.29, 0.717) is 35.8 Å². The third-order valence-electron chi connectivity index (χ3n) is 5.14. The quantitative estimate of drug-likeness (QED) is 0.715. The Balaban J connectivity index is 2.20. The van der Waals surface area contributed by atoms with Gasteiger partial charge in [0, 0.05) is 12.6 Å². The first-order chi connectivity index (χ1) is 14.3. The van der Waals surface area contributed by atoms with Crippen LogP contribution in [-0.4, -0.2) is 54.4 Å². The Bertz CT molecular complexity index is 972. The number of likely N-dealkylation sites (N-methyl/N-ethyl adjacent to an activating group) is 1. The van der Waals surface area contributed by atoms with E-state index in [1.165, 1.54) is 18.1 Å². The van der Waals surface area contributed by atoms with Gasteiger partial charge in [0.05, 0.1) is 26.4 Å². The molecular formula is C22H25NO7. The van der Waals surface area contributed by atoms with E-state index in [1.54, 1.807) is 31.3 Å². The number of carbonyl (C=O) groups excluding carboxylic acids is 1. The van der Waals surface area contributed by atoms with E-state index in [2.05, 4.69) is 0 Å². The number of phenols is 1. The predicted molar refractivity (Wildman–Crippen MR) is 109 cm³/mol. The highest BCUT2D eigenvalue weighted by atomic mass is 16.5. The normalized spacial score (nSPS) is 18.0. The lowest BCUT2D eigenvalue weighted by Gasteiger charge is -2.39. The van der Waals surface area contributed by atoms with Crippen molar-refractivity contribution < 1.29 is 34.0 Å². The molecule has 0 saturated heterocycles. The highest BCUT2D eigenvalue weighted by molar-refractivity contribution is 6.01. The van der Waals surface area contributed by atoms with Gasteiger partial charge in [-0.15, -0.1) is 0 Å². The fourth-order valence-electron chi connectivity index (χ4n) is 3.84. The summed E-state index contributed by atoms with van der Waals surface area (Å²) in [5.41, 5.74) is 1.08. The number of carbonyl (C=O) groups is 2. The Morgan fingerprint density at radius 3 is 2.23 bits per heavy atom. The van der Waals surface area contributed by atoms with Crippen LogP contribution in [0.15, 0.2) is 30.3 Å². The number of aliphatic carboxylic acids is 1. The fraction of sp³-hybridized carbons (Fsp3) is 0.364. The van der Waals surface area contributed by atoms with E-state index in [4.69, 9.17) is 14.2 Å². The van der Waals surface area contributed by atoms with Crippen LogP contribution in [-0.2, 0) is 4.79 Å². The summed E-state index contributed by atoms with van der Waals surface area (Å²) in [5, 5.41) is 20.3. The largest absolute Gasteiger partial charge is 0.504 e. The maximum Gasteiger partial charge on any atom is 0.313 e. The van der Waals surface area contributed by atoms with Crippen molar-refractivity contribution in [1.82, 2.24) is 4.90 Å². The van der Waals surface area contributed by atoms with Crippen molar-refractivity contribution in [3.8, 4) is 23.0 Å². The van der Waals surface area contributed by atoms with Crippen LogP contribution in [0.2, 0.25) is 0 Å². The Labute approximate surface area is 174 Å². The van der Waals surface area contributed by atoms with E-state index in [9.17, 15) is 19.8 Å². The summed E-state index contributed by atoms with van der Waals surface area (Å²) in [6, 6.07) is 6.90. The van der Waals surface area contributed by atoms with Crippen LogP contribution in [0.25, 0.3) is 0 Å². The Morgan fingerprint density at radius 1 is 1.07 bits per heavy atom. The molecule has 3 rings (SSSR count). The monoisotopic (exact) mass is 415 g/mol. The number of hydrogen-bond donors (Lipinski definition) is 2. The maximum atomic E-state index is 13.2. The lowest BCUT2D eigenvalue weighted by molar-refractivity contribution is -0.140. The van der Waals surface area contributed by atoms with Gasteiger partial charge >= 0.3 is 5.97 Å². The first-order valence-corrected chi connectivity index (χ1v) is 9.64. The summed E-state index contributed by atoms with van der Waals surface area (Å²) in [7, 11) is 2.97. The van der Waals surface area contributed by atoms with E-state index in [1.807, 2.05) is 13.8 Å². The summed E-state index contributed by atoms with van der Waals surface area (Å²) in [6.07, 6.45) is 0. The van der Waals surface area contributed by atoms with Crippen LogP contribution in [0, 0.1) is 0 Å². The third kappa shape index (κ3) is 3.60. The molecule has 8 heteroatoms. The topological polar surface area (TPSA) is 106 Å². The molecule has 2 atom stereocenters. The summed E-state index contributed by atoms with van der Waals surface area (Å²) in [6.45, 7) is 4.36. The SMILES string of the molecule is CCOc1cc2c(cc1OCC)[C@H](C(=O)O)[C@@H](c1ccc(OC)c(O)c1)N(C)C2=O. The van der Waals surface area contributed by atoms with Crippen molar-refractivity contribution in [3.05, 3.63) is 47.0 Å². The van der Waals surface area contributed by atoms with Gasteiger partial charge in [-0.05, 0) is 49.2 Å². The Kier molecular flexibility index (Phi) is 6.05. The van der Waals surface area contributed by atoms with Crippen LogP contribution in [0.3, 0.4) is 0 Å². The van der Waals surface area contributed by atoms with Gasteiger partial charge in [-0.3, -0.25) is 9.59 Å². The molecule has 0 unspecified atom stereocenters. The first-order valence-electron chi connectivity index (χ1n) is 9.64. The highest BCUT2D eigenvalue weighted by Crippen LogP contribution is 2.46. The van der Waals surface area contributed by atoms with Crippen molar-refractivity contribution in [3.63, 3.8) is 0 Å². The molecule has 2 N–H and O–H groups in total. The van der Waals surface area contributed by atoms with Crippen LogP contribution >= 0.6 is 0 Å². The summed E-state index contributed by atoms with van der Waals surface area (Å²) in [5.74, 6) is -1.59. The van der Waals surface area contributed by atoms with Gasteiger partial charge in [0.2, 0.25) is 0 Å². The molecule has 1 aliphatic heterocycles. The number of carboxylic acid groups (broad SMARTS) is 1. The molecule has 1 amide bonds. The number of benzene rings is 2. The van der Waals surface area contributed by atoms with E-state index >= 15 is 0 Å². The van der Waals surface area contributed by atoms with Crippen LogP contribution < -0.4 is 14.2 Å². The minimum atomic E-state index is -1.09. The molecule has 2 aromatic rings. The number of aromatic hydroxyl groups is 1. The lowest BCUT2D eigenvalue weighted by atomic mass is 9.79.